The Morgan fingerprint density at radius 1 is 1.16 bits per heavy atom. The van der Waals surface area contributed by atoms with Crippen LogP contribution in [0.3, 0.4) is 0 Å². The first-order valence-corrected chi connectivity index (χ1v) is 10.0. The summed E-state index contributed by atoms with van der Waals surface area (Å²) in [4.78, 5) is 15.2. The van der Waals surface area contributed by atoms with E-state index in [1.165, 1.54) is 24.3 Å². The Balaban J connectivity index is 2.60. The van der Waals surface area contributed by atoms with Crippen molar-refractivity contribution in [3.8, 4) is 11.1 Å². The molecule has 2 aromatic carbocycles. The molecule has 0 spiro atoms. The third-order valence-electron chi connectivity index (χ3n) is 3.66. The van der Waals surface area contributed by atoms with Crippen molar-refractivity contribution in [2.75, 3.05) is 6.26 Å². The Labute approximate surface area is 156 Å². The molecule has 25 heavy (non-hydrogen) atoms. The number of hydrogen-bond donors (Lipinski definition) is 0. The summed E-state index contributed by atoms with van der Waals surface area (Å²) in [5.41, 5.74) is 1.46. The van der Waals surface area contributed by atoms with Crippen LogP contribution in [-0.2, 0) is 9.84 Å². The first-order valence-electron chi connectivity index (χ1n) is 6.97. The lowest BCUT2D eigenvalue weighted by atomic mass is 10.00. The Morgan fingerprint density at radius 2 is 1.80 bits per heavy atom. The normalized spacial score (nSPS) is 11.7. The van der Waals surface area contributed by atoms with Crippen LogP contribution in [0.25, 0.3) is 22.0 Å². The summed E-state index contributed by atoms with van der Waals surface area (Å²) in [6, 6.07) is 8.48. The van der Waals surface area contributed by atoms with Crippen molar-refractivity contribution in [1.29, 1.82) is 0 Å². The quantitative estimate of drug-likeness (QED) is 0.437. The van der Waals surface area contributed by atoms with E-state index in [4.69, 9.17) is 11.6 Å². The second-order valence-electron chi connectivity index (χ2n) is 5.37. The Morgan fingerprint density at radius 3 is 2.36 bits per heavy atom. The van der Waals surface area contributed by atoms with Crippen molar-refractivity contribution in [3.63, 3.8) is 0 Å². The molecular weight excluding hydrogens is 433 g/mol. The number of halogens is 3. The van der Waals surface area contributed by atoms with Crippen molar-refractivity contribution in [2.24, 2.45) is 0 Å². The number of nitrogens with zero attached hydrogens (tertiary/aromatic N) is 1. The molecule has 3 aromatic rings. The van der Waals surface area contributed by atoms with Gasteiger partial charge in [0, 0.05) is 27.2 Å². The monoisotopic (exact) mass is 441 g/mol. The van der Waals surface area contributed by atoms with Crippen LogP contribution in [0.15, 0.2) is 45.8 Å². The molecule has 128 valence electrons. The van der Waals surface area contributed by atoms with Gasteiger partial charge in [0.2, 0.25) is 0 Å². The van der Waals surface area contributed by atoms with Gasteiger partial charge in [-0.3, -0.25) is 4.79 Å². The van der Waals surface area contributed by atoms with Gasteiger partial charge in [0.05, 0.1) is 5.52 Å². The van der Waals surface area contributed by atoms with Gasteiger partial charge in [-0.15, -0.1) is 0 Å². The van der Waals surface area contributed by atoms with Gasteiger partial charge in [0.15, 0.2) is 16.1 Å². The van der Waals surface area contributed by atoms with Gasteiger partial charge in [-0.2, -0.15) is 0 Å². The summed E-state index contributed by atoms with van der Waals surface area (Å²) in [5, 5.41) is 0.237. The molecule has 0 N–H and O–H groups in total. The SMILES string of the molecule is CS(=O)(=O)c1c(Cl)nc2ccc(C=O)c(Br)c2c1-c1ccc(F)cc1. The van der Waals surface area contributed by atoms with E-state index in [1.807, 2.05) is 0 Å². The van der Waals surface area contributed by atoms with E-state index in [2.05, 4.69) is 20.9 Å². The van der Waals surface area contributed by atoms with Crippen molar-refractivity contribution in [3.05, 3.63) is 57.4 Å². The number of fused-ring (bicyclic) bond motifs is 1. The van der Waals surface area contributed by atoms with E-state index in [0.29, 0.717) is 32.8 Å². The maximum atomic E-state index is 13.3. The number of aromatic nitrogens is 1. The lowest BCUT2D eigenvalue weighted by Crippen LogP contribution is -2.05. The highest BCUT2D eigenvalue weighted by molar-refractivity contribution is 9.10. The maximum absolute atomic E-state index is 13.3. The van der Waals surface area contributed by atoms with E-state index in [1.54, 1.807) is 12.1 Å². The van der Waals surface area contributed by atoms with Crippen LogP contribution in [0.5, 0.6) is 0 Å². The molecule has 0 aliphatic rings. The zero-order valence-corrected chi connectivity index (χ0v) is 15.9. The van der Waals surface area contributed by atoms with Gasteiger partial charge in [-0.25, -0.2) is 17.8 Å². The highest BCUT2D eigenvalue weighted by atomic mass is 79.9. The second-order valence-corrected chi connectivity index (χ2v) is 8.47. The fraction of sp³-hybridized carbons (Fsp3) is 0.0588. The summed E-state index contributed by atoms with van der Waals surface area (Å²) in [5.74, 6) is -0.457. The summed E-state index contributed by atoms with van der Waals surface area (Å²) in [6.45, 7) is 0. The van der Waals surface area contributed by atoms with E-state index in [9.17, 15) is 17.6 Å². The smallest absolute Gasteiger partial charge is 0.179 e. The standard InChI is InChI=1S/C17H10BrClFNO3S/c1-25(23,24)16-13(9-2-5-11(20)6-3-9)14-12(21-17(16)19)7-4-10(8-22)15(14)18/h2-8H,1H3. The molecule has 1 heterocycles. The molecule has 0 bridgehead atoms. The summed E-state index contributed by atoms with van der Waals surface area (Å²) in [6.07, 6.45) is 1.67. The average molecular weight is 443 g/mol. The summed E-state index contributed by atoms with van der Waals surface area (Å²) < 4.78 is 38.4. The van der Waals surface area contributed by atoms with Crippen molar-refractivity contribution in [1.82, 2.24) is 4.98 Å². The molecule has 3 rings (SSSR count). The predicted octanol–water partition coefficient (Wildman–Crippen LogP) is 4.67. The third kappa shape index (κ3) is 3.19. The first-order chi connectivity index (χ1) is 11.7. The van der Waals surface area contributed by atoms with E-state index in [0.717, 1.165) is 6.26 Å². The van der Waals surface area contributed by atoms with Gasteiger partial charge in [-0.1, -0.05) is 23.7 Å². The van der Waals surface area contributed by atoms with Crippen LogP contribution in [0.2, 0.25) is 5.15 Å². The van der Waals surface area contributed by atoms with Gasteiger partial charge < -0.3 is 0 Å². The minimum atomic E-state index is -3.75. The Hall–Kier alpha value is -1.83. The molecule has 0 aliphatic heterocycles. The highest BCUT2D eigenvalue weighted by Gasteiger charge is 2.25. The number of carbonyl (C=O) groups is 1. The average Bonchev–Trinajstić information content (AvgIpc) is 2.53. The molecule has 1 aromatic heterocycles. The minimum Gasteiger partial charge on any atom is -0.298 e. The first kappa shape index (κ1) is 18.0. The maximum Gasteiger partial charge on any atom is 0.179 e. The lowest BCUT2D eigenvalue weighted by Gasteiger charge is -2.15. The summed E-state index contributed by atoms with van der Waals surface area (Å²) in [7, 11) is -3.75. The largest absolute Gasteiger partial charge is 0.298 e. The van der Waals surface area contributed by atoms with Gasteiger partial charge in [0.1, 0.15) is 15.9 Å². The van der Waals surface area contributed by atoms with Crippen molar-refractivity contribution >= 4 is 54.6 Å². The van der Waals surface area contributed by atoms with Gasteiger partial charge in [0.25, 0.3) is 0 Å². The number of carbonyl (C=O) groups excluding carboxylic acids is 1. The van der Waals surface area contributed by atoms with Crippen LogP contribution in [0.4, 0.5) is 4.39 Å². The molecule has 4 nitrogen and oxygen atoms in total. The molecule has 0 saturated heterocycles. The van der Waals surface area contributed by atoms with E-state index >= 15 is 0 Å². The number of pyridine rings is 1. The Kier molecular flexibility index (Phi) is 4.66. The Bertz CT molecular complexity index is 1120. The van der Waals surface area contributed by atoms with Crippen LogP contribution in [-0.4, -0.2) is 25.9 Å². The molecule has 0 radical (unpaired) electrons. The lowest BCUT2D eigenvalue weighted by molar-refractivity contribution is 0.112. The number of hydrogen-bond acceptors (Lipinski definition) is 4. The topological polar surface area (TPSA) is 64.1 Å². The van der Waals surface area contributed by atoms with Crippen LogP contribution in [0.1, 0.15) is 10.4 Å². The predicted molar refractivity (Wildman–Crippen MR) is 98.3 cm³/mol. The highest BCUT2D eigenvalue weighted by Crippen LogP contribution is 2.41. The molecule has 8 heteroatoms. The van der Waals surface area contributed by atoms with E-state index < -0.39 is 15.7 Å². The fourth-order valence-corrected chi connectivity index (χ4v) is 4.78. The van der Waals surface area contributed by atoms with Crippen LogP contribution < -0.4 is 0 Å². The molecule has 0 unspecified atom stereocenters. The molecule has 0 fully saturated rings. The number of sulfone groups is 1. The van der Waals surface area contributed by atoms with Crippen molar-refractivity contribution in [2.45, 2.75) is 4.90 Å². The number of rotatable bonds is 3. The molecular formula is C17H10BrClFNO3S. The number of benzene rings is 2. The fourth-order valence-electron chi connectivity index (χ4n) is 2.61. The van der Waals surface area contributed by atoms with E-state index in [-0.39, 0.29) is 15.6 Å². The minimum absolute atomic E-state index is 0.169. The third-order valence-corrected chi connectivity index (χ3v) is 6.04. The molecule has 0 amide bonds. The van der Waals surface area contributed by atoms with Crippen LogP contribution >= 0.6 is 27.5 Å². The van der Waals surface area contributed by atoms with Crippen LogP contribution in [0, 0.1) is 5.82 Å². The zero-order valence-electron chi connectivity index (χ0n) is 12.8. The second kappa shape index (κ2) is 6.48. The van der Waals surface area contributed by atoms with Gasteiger partial charge >= 0.3 is 0 Å². The van der Waals surface area contributed by atoms with Gasteiger partial charge in [-0.05, 0) is 45.8 Å². The molecule has 0 saturated carbocycles. The molecule has 0 atom stereocenters. The zero-order chi connectivity index (χ0) is 18.4. The molecule has 0 aliphatic carbocycles. The van der Waals surface area contributed by atoms with Crippen molar-refractivity contribution < 1.29 is 17.6 Å². The summed E-state index contributed by atoms with van der Waals surface area (Å²) >= 11 is 9.50. The number of aldehydes is 1.